The molecule has 0 bridgehead atoms. The van der Waals surface area contributed by atoms with Gasteiger partial charge in [-0.1, -0.05) is 39.8 Å². The van der Waals surface area contributed by atoms with Crippen LogP contribution in [-0.4, -0.2) is 50.9 Å². The molecule has 36 heavy (non-hydrogen) atoms. The molecule has 0 aliphatic carbocycles. The zero-order valence-electron chi connectivity index (χ0n) is 23.4. The van der Waals surface area contributed by atoms with Gasteiger partial charge < -0.3 is 20.2 Å². The van der Waals surface area contributed by atoms with Crippen molar-refractivity contribution in [3.63, 3.8) is 0 Å². The lowest BCUT2D eigenvalue weighted by molar-refractivity contribution is -0.136. The molecule has 7 nitrogen and oxygen atoms in total. The van der Waals surface area contributed by atoms with Crippen LogP contribution in [0.15, 0.2) is 24.3 Å². The Labute approximate surface area is 216 Å². The van der Waals surface area contributed by atoms with Gasteiger partial charge in [-0.05, 0) is 70.6 Å². The number of nitrogens with zero attached hydrogens (tertiary/aromatic N) is 2. The highest BCUT2D eigenvalue weighted by Crippen LogP contribution is 2.41. The summed E-state index contributed by atoms with van der Waals surface area (Å²) in [4.78, 5) is 29.7. The quantitative estimate of drug-likeness (QED) is 0.453. The molecule has 0 spiro atoms. The number of hydrogen-bond acceptors (Lipinski definition) is 5. The molecule has 3 rings (SSSR count). The van der Waals surface area contributed by atoms with Gasteiger partial charge in [-0.15, -0.1) is 0 Å². The van der Waals surface area contributed by atoms with Crippen molar-refractivity contribution in [1.82, 2.24) is 4.98 Å². The highest BCUT2D eigenvalue weighted by Gasteiger charge is 2.30. The monoisotopic (exact) mass is 500 g/mol. The molecule has 0 atom stereocenters. The van der Waals surface area contributed by atoms with E-state index >= 15 is 0 Å². The van der Waals surface area contributed by atoms with Crippen LogP contribution in [0.1, 0.15) is 88.6 Å². The fraction of sp³-hybridized carbons (Fsp3) is 0.552. The molecule has 7 heteroatoms. The number of carboxylic acids is 2. The topological polar surface area (TPSA) is 111 Å². The minimum atomic E-state index is -0.972. The van der Waals surface area contributed by atoms with E-state index in [1.807, 2.05) is 27.7 Å². The molecule has 1 aromatic heterocycles. The predicted molar refractivity (Wildman–Crippen MR) is 146 cm³/mol. The third-order valence-corrected chi connectivity index (χ3v) is 5.84. The zero-order chi connectivity index (χ0) is 27.8. The number of aromatic carboxylic acids is 1. The van der Waals surface area contributed by atoms with Crippen molar-refractivity contribution < 1.29 is 24.9 Å². The fourth-order valence-corrected chi connectivity index (χ4v) is 4.04. The molecule has 0 radical (unpaired) electrons. The van der Waals surface area contributed by atoms with Crippen molar-refractivity contribution in [2.75, 3.05) is 18.0 Å². The number of pyridine rings is 1. The number of rotatable bonds is 5. The van der Waals surface area contributed by atoms with Crippen molar-refractivity contribution >= 4 is 17.6 Å². The largest absolute Gasteiger partial charge is 0.481 e. The van der Waals surface area contributed by atoms with E-state index < -0.39 is 17.5 Å². The predicted octanol–water partition coefficient (Wildman–Crippen LogP) is 6.12. The number of anilines is 1. The number of aliphatic hydroxyl groups is 1. The average Bonchev–Trinajstić information content (AvgIpc) is 2.76. The van der Waals surface area contributed by atoms with Crippen LogP contribution in [0.4, 0.5) is 5.69 Å². The number of benzene rings is 1. The summed E-state index contributed by atoms with van der Waals surface area (Å²) < 4.78 is 0. The number of piperidine rings is 1. The number of aliphatic carboxylic acids is 1. The van der Waals surface area contributed by atoms with Crippen LogP contribution < -0.4 is 4.90 Å². The highest BCUT2D eigenvalue weighted by molar-refractivity contribution is 5.90. The maximum absolute atomic E-state index is 11.6. The minimum absolute atomic E-state index is 0.0887. The Bertz CT molecular complexity index is 1020. The van der Waals surface area contributed by atoms with E-state index in [2.05, 4.69) is 23.7 Å². The first-order valence-electron chi connectivity index (χ1n) is 12.6. The first-order chi connectivity index (χ1) is 16.6. The molecule has 0 amide bonds. The van der Waals surface area contributed by atoms with Gasteiger partial charge >= 0.3 is 11.9 Å². The summed E-state index contributed by atoms with van der Waals surface area (Å²) in [5.74, 6) is -1.86. The molecular formula is C29H44N2O5. The van der Waals surface area contributed by atoms with Crippen molar-refractivity contribution in [2.24, 2.45) is 5.41 Å². The van der Waals surface area contributed by atoms with Crippen LogP contribution in [0.5, 0.6) is 0 Å². The summed E-state index contributed by atoms with van der Waals surface area (Å²) in [5.41, 5.74) is 4.95. The summed E-state index contributed by atoms with van der Waals surface area (Å²) in [6.07, 6.45) is 1.96. The molecule has 1 aromatic carbocycles. The Morgan fingerprint density at radius 2 is 1.44 bits per heavy atom. The van der Waals surface area contributed by atoms with Gasteiger partial charge in [0, 0.05) is 35.6 Å². The molecule has 1 saturated heterocycles. The van der Waals surface area contributed by atoms with Crippen LogP contribution in [0.25, 0.3) is 11.1 Å². The smallest absolute Gasteiger partial charge is 0.335 e. The van der Waals surface area contributed by atoms with Gasteiger partial charge in [0.15, 0.2) is 0 Å². The van der Waals surface area contributed by atoms with Crippen LogP contribution in [0, 0.1) is 19.3 Å². The van der Waals surface area contributed by atoms with E-state index in [-0.39, 0.29) is 17.4 Å². The van der Waals surface area contributed by atoms with E-state index in [1.165, 1.54) is 0 Å². The second kappa shape index (κ2) is 12.9. The molecule has 2 heterocycles. The van der Waals surface area contributed by atoms with Gasteiger partial charge in [0.05, 0.1) is 23.3 Å². The molecule has 0 unspecified atom stereocenters. The van der Waals surface area contributed by atoms with Gasteiger partial charge in [-0.3, -0.25) is 9.78 Å². The maximum atomic E-state index is 11.6. The molecule has 2 aromatic rings. The lowest BCUT2D eigenvalue weighted by Crippen LogP contribution is -2.38. The molecule has 1 fully saturated rings. The van der Waals surface area contributed by atoms with Crippen LogP contribution in [0.3, 0.4) is 0 Å². The summed E-state index contributed by atoms with van der Waals surface area (Å²) in [6, 6.07) is 6.73. The van der Waals surface area contributed by atoms with Gasteiger partial charge in [-0.25, -0.2) is 4.79 Å². The molecule has 1 aliphatic heterocycles. The standard InChI is InChI=1S/C23H28N2O4.C4H10O.C2H6/c1-14-18(13-19(26)27)21(25-11-9-23(3,4)10-12-25)20(15(2)24-14)16-5-7-17(8-6-16)22(28)29;1-4(2,3)5;1-2/h5-8H,9-13H2,1-4H3,(H,26,27)(H,28,29);5H,1-3H3;1-2H3. The Hall–Kier alpha value is -2.93. The number of aryl methyl sites for hydroxylation is 2. The molecule has 0 saturated carbocycles. The number of hydrogen-bond donors (Lipinski definition) is 3. The summed E-state index contributed by atoms with van der Waals surface area (Å²) in [6.45, 7) is 19.2. The maximum Gasteiger partial charge on any atom is 0.335 e. The molecule has 1 aliphatic rings. The van der Waals surface area contributed by atoms with E-state index in [0.717, 1.165) is 59.7 Å². The number of carbonyl (C=O) groups is 2. The van der Waals surface area contributed by atoms with E-state index in [9.17, 15) is 19.8 Å². The van der Waals surface area contributed by atoms with E-state index in [4.69, 9.17) is 5.11 Å². The second-order valence-electron chi connectivity index (χ2n) is 10.8. The minimum Gasteiger partial charge on any atom is -0.481 e. The Kier molecular flexibility index (Phi) is 11.1. The van der Waals surface area contributed by atoms with Gasteiger partial charge in [-0.2, -0.15) is 0 Å². The fourth-order valence-electron chi connectivity index (χ4n) is 4.04. The normalized spacial score (nSPS) is 14.7. The van der Waals surface area contributed by atoms with Gasteiger partial charge in [0.25, 0.3) is 0 Å². The first-order valence-corrected chi connectivity index (χ1v) is 12.6. The van der Waals surface area contributed by atoms with Crippen molar-refractivity contribution in [3.05, 3.63) is 46.8 Å². The number of carboxylic acid groups (broad SMARTS) is 2. The van der Waals surface area contributed by atoms with E-state index in [1.54, 1.807) is 45.0 Å². The summed E-state index contributed by atoms with van der Waals surface area (Å²) in [5, 5.41) is 27.2. The molecular weight excluding hydrogens is 456 g/mol. The first kappa shape index (κ1) is 31.1. The van der Waals surface area contributed by atoms with Gasteiger partial charge in [0.1, 0.15) is 0 Å². The Balaban J connectivity index is 0.000000826. The van der Waals surface area contributed by atoms with Crippen molar-refractivity contribution in [1.29, 1.82) is 0 Å². The summed E-state index contributed by atoms with van der Waals surface area (Å²) >= 11 is 0. The van der Waals surface area contributed by atoms with E-state index in [0.29, 0.717) is 0 Å². The Morgan fingerprint density at radius 1 is 0.972 bits per heavy atom. The highest BCUT2D eigenvalue weighted by atomic mass is 16.4. The van der Waals surface area contributed by atoms with Crippen LogP contribution in [0.2, 0.25) is 0 Å². The zero-order valence-corrected chi connectivity index (χ0v) is 23.4. The summed E-state index contributed by atoms with van der Waals surface area (Å²) in [7, 11) is 0. The second-order valence-corrected chi connectivity index (χ2v) is 10.8. The van der Waals surface area contributed by atoms with Crippen LogP contribution in [-0.2, 0) is 11.2 Å². The average molecular weight is 501 g/mol. The SMILES string of the molecule is CC.CC(C)(C)O.Cc1nc(C)c(-c2ccc(C(=O)O)cc2)c(N2CCC(C)(C)CC2)c1CC(=O)O. The lowest BCUT2D eigenvalue weighted by atomic mass is 9.82. The third-order valence-electron chi connectivity index (χ3n) is 5.84. The van der Waals surface area contributed by atoms with Crippen molar-refractivity contribution in [3.8, 4) is 11.1 Å². The van der Waals surface area contributed by atoms with Crippen LogP contribution >= 0.6 is 0 Å². The number of aromatic nitrogens is 1. The van der Waals surface area contributed by atoms with Gasteiger partial charge in [0.2, 0.25) is 0 Å². The molecule has 3 N–H and O–H groups in total. The third kappa shape index (κ3) is 9.26. The lowest BCUT2D eigenvalue weighted by Gasteiger charge is -2.40. The Morgan fingerprint density at radius 3 is 1.86 bits per heavy atom. The molecule has 200 valence electrons. The van der Waals surface area contributed by atoms with Crippen molar-refractivity contribution in [2.45, 2.75) is 87.2 Å².